The summed E-state index contributed by atoms with van der Waals surface area (Å²) < 4.78 is 27.1. The highest BCUT2D eigenvalue weighted by Crippen LogP contribution is 2.24. The number of hydrogen-bond donors (Lipinski definition) is 2. The number of carbonyl (C=O) groups excluding carboxylic acids is 2. The standard InChI is InChI=1S/C23H37N3O4S/c1-16(2)10-13-24-23(28)21(17(3)4)25-22(27)19-11-14-26(15-12-19)31(29,30)20-8-6-18(5)7-9-20/h6-9,16-17,19,21H,10-15H2,1-5H3,(H,24,28)(H,25,27)/t21-/m0/s1. The number of nitrogens with one attached hydrogen (secondary N) is 2. The van der Waals surface area contributed by atoms with E-state index in [2.05, 4.69) is 24.5 Å². The molecule has 7 nitrogen and oxygen atoms in total. The second-order valence-corrected chi connectivity index (χ2v) is 11.1. The lowest BCUT2D eigenvalue weighted by Crippen LogP contribution is -2.52. The van der Waals surface area contributed by atoms with Crippen molar-refractivity contribution >= 4 is 21.8 Å². The highest BCUT2D eigenvalue weighted by atomic mass is 32.2. The number of benzene rings is 1. The van der Waals surface area contributed by atoms with Gasteiger partial charge < -0.3 is 10.6 Å². The van der Waals surface area contributed by atoms with Gasteiger partial charge in [-0.3, -0.25) is 9.59 Å². The van der Waals surface area contributed by atoms with Crippen molar-refractivity contribution in [1.82, 2.24) is 14.9 Å². The fourth-order valence-corrected chi connectivity index (χ4v) is 5.09. The van der Waals surface area contributed by atoms with Gasteiger partial charge in [0.15, 0.2) is 0 Å². The van der Waals surface area contributed by atoms with Crippen LogP contribution in [0.25, 0.3) is 0 Å². The number of piperidine rings is 1. The molecule has 0 unspecified atom stereocenters. The average Bonchev–Trinajstić information content (AvgIpc) is 2.71. The molecule has 1 aromatic rings. The van der Waals surface area contributed by atoms with Crippen molar-refractivity contribution in [3.63, 3.8) is 0 Å². The van der Waals surface area contributed by atoms with Gasteiger partial charge in [0.1, 0.15) is 6.04 Å². The number of sulfonamides is 1. The van der Waals surface area contributed by atoms with Crippen molar-refractivity contribution in [3.05, 3.63) is 29.8 Å². The first kappa shape index (κ1) is 25.3. The number of carbonyl (C=O) groups is 2. The Morgan fingerprint density at radius 1 is 1.06 bits per heavy atom. The van der Waals surface area contributed by atoms with E-state index in [1.165, 1.54) is 4.31 Å². The number of hydrogen-bond acceptors (Lipinski definition) is 4. The van der Waals surface area contributed by atoms with E-state index in [1.54, 1.807) is 24.3 Å². The molecule has 8 heteroatoms. The van der Waals surface area contributed by atoms with Gasteiger partial charge in [0.05, 0.1) is 4.90 Å². The summed E-state index contributed by atoms with van der Waals surface area (Å²) in [7, 11) is -3.56. The Labute approximate surface area is 187 Å². The molecule has 31 heavy (non-hydrogen) atoms. The molecule has 0 spiro atoms. The van der Waals surface area contributed by atoms with Crippen molar-refractivity contribution in [2.24, 2.45) is 17.8 Å². The largest absolute Gasteiger partial charge is 0.354 e. The van der Waals surface area contributed by atoms with E-state index in [0.29, 0.717) is 38.4 Å². The second kappa shape index (κ2) is 11.1. The van der Waals surface area contributed by atoms with Crippen molar-refractivity contribution < 1.29 is 18.0 Å². The zero-order valence-corrected chi connectivity index (χ0v) is 20.2. The molecule has 1 aliphatic heterocycles. The van der Waals surface area contributed by atoms with Crippen LogP contribution in [-0.4, -0.2) is 50.2 Å². The molecule has 1 aromatic carbocycles. The van der Waals surface area contributed by atoms with Gasteiger partial charge in [0.25, 0.3) is 0 Å². The van der Waals surface area contributed by atoms with Gasteiger partial charge in [0, 0.05) is 25.6 Å². The lowest BCUT2D eigenvalue weighted by molar-refractivity contribution is -0.132. The third-order valence-electron chi connectivity index (χ3n) is 5.75. The summed E-state index contributed by atoms with van der Waals surface area (Å²) in [5, 5.41) is 5.81. The molecule has 1 saturated heterocycles. The van der Waals surface area contributed by atoms with E-state index in [4.69, 9.17) is 0 Å². The minimum absolute atomic E-state index is 0.0370. The van der Waals surface area contributed by atoms with Crippen LogP contribution in [0.3, 0.4) is 0 Å². The summed E-state index contributed by atoms with van der Waals surface area (Å²) in [6.07, 6.45) is 1.77. The fraction of sp³-hybridized carbons (Fsp3) is 0.652. The molecule has 1 heterocycles. The molecule has 174 valence electrons. The molecular formula is C23H37N3O4S. The van der Waals surface area contributed by atoms with E-state index in [9.17, 15) is 18.0 Å². The van der Waals surface area contributed by atoms with Crippen LogP contribution in [0.1, 0.15) is 52.5 Å². The zero-order chi connectivity index (χ0) is 23.2. The third kappa shape index (κ3) is 7.04. The van der Waals surface area contributed by atoms with Crippen molar-refractivity contribution in [3.8, 4) is 0 Å². The Bertz CT molecular complexity index is 842. The van der Waals surface area contributed by atoms with Crippen LogP contribution in [0.2, 0.25) is 0 Å². The normalized spacial score (nSPS) is 17.0. The lowest BCUT2D eigenvalue weighted by Gasteiger charge is -2.32. The molecule has 2 rings (SSSR count). The highest BCUT2D eigenvalue weighted by Gasteiger charge is 2.34. The molecule has 2 amide bonds. The van der Waals surface area contributed by atoms with E-state index < -0.39 is 16.1 Å². The summed E-state index contributed by atoms with van der Waals surface area (Å²) in [4.78, 5) is 25.6. The number of aryl methyl sites for hydroxylation is 1. The van der Waals surface area contributed by atoms with E-state index in [0.717, 1.165) is 12.0 Å². The molecule has 1 aliphatic rings. The fourth-order valence-electron chi connectivity index (χ4n) is 3.62. The molecule has 0 aromatic heterocycles. The van der Waals surface area contributed by atoms with E-state index in [1.807, 2.05) is 20.8 Å². The quantitative estimate of drug-likeness (QED) is 0.603. The maximum Gasteiger partial charge on any atom is 0.243 e. The number of amides is 2. The summed E-state index contributed by atoms with van der Waals surface area (Å²) in [6.45, 7) is 11.1. The smallest absolute Gasteiger partial charge is 0.243 e. The zero-order valence-electron chi connectivity index (χ0n) is 19.3. The van der Waals surface area contributed by atoms with Crippen LogP contribution >= 0.6 is 0 Å². The van der Waals surface area contributed by atoms with Gasteiger partial charge in [-0.1, -0.05) is 45.4 Å². The van der Waals surface area contributed by atoms with Crippen LogP contribution in [0.15, 0.2) is 29.2 Å². The molecule has 1 fully saturated rings. The Kier molecular flexibility index (Phi) is 9.06. The molecule has 1 atom stereocenters. The summed E-state index contributed by atoms with van der Waals surface area (Å²) in [5.41, 5.74) is 1.00. The predicted molar refractivity (Wildman–Crippen MR) is 122 cm³/mol. The van der Waals surface area contributed by atoms with Crippen LogP contribution < -0.4 is 10.6 Å². The summed E-state index contributed by atoms with van der Waals surface area (Å²) >= 11 is 0. The van der Waals surface area contributed by atoms with E-state index >= 15 is 0 Å². The summed E-state index contributed by atoms with van der Waals surface area (Å²) in [5.74, 6) is -0.179. The molecule has 0 radical (unpaired) electrons. The Morgan fingerprint density at radius 3 is 2.16 bits per heavy atom. The monoisotopic (exact) mass is 451 g/mol. The van der Waals surface area contributed by atoms with Crippen molar-refractivity contribution in [1.29, 1.82) is 0 Å². The van der Waals surface area contributed by atoms with Crippen molar-refractivity contribution in [2.75, 3.05) is 19.6 Å². The average molecular weight is 452 g/mol. The van der Waals surface area contributed by atoms with Gasteiger partial charge in [-0.2, -0.15) is 4.31 Å². The minimum Gasteiger partial charge on any atom is -0.354 e. The molecular weight excluding hydrogens is 414 g/mol. The van der Waals surface area contributed by atoms with Crippen molar-refractivity contribution in [2.45, 2.75) is 64.8 Å². The molecule has 2 N–H and O–H groups in total. The van der Waals surface area contributed by atoms with Gasteiger partial charge in [-0.05, 0) is 50.2 Å². The topological polar surface area (TPSA) is 95.6 Å². The minimum atomic E-state index is -3.56. The molecule has 0 saturated carbocycles. The predicted octanol–water partition coefficient (Wildman–Crippen LogP) is 2.70. The molecule has 0 aliphatic carbocycles. The maximum atomic E-state index is 12.9. The first-order valence-electron chi connectivity index (χ1n) is 11.2. The van der Waals surface area contributed by atoms with Crippen LogP contribution in [0.4, 0.5) is 0 Å². The highest BCUT2D eigenvalue weighted by molar-refractivity contribution is 7.89. The van der Waals surface area contributed by atoms with Gasteiger partial charge in [-0.15, -0.1) is 0 Å². The third-order valence-corrected chi connectivity index (χ3v) is 7.66. The SMILES string of the molecule is Cc1ccc(S(=O)(=O)N2CCC(C(=O)N[C@H](C(=O)NCCC(C)C)C(C)C)CC2)cc1. The lowest BCUT2D eigenvalue weighted by atomic mass is 9.95. The van der Waals surface area contributed by atoms with Gasteiger partial charge in [-0.25, -0.2) is 8.42 Å². The first-order chi connectivity index (χ1) is 14.5. The Morgan fingerprint density at radius 2 is 1.65 bits per heavy atom. The Balaban J connectivity index is 1.92. The van der Waals surface area contributed by atoms with Crippen LogP contribution in [0, 0.1) is 24.7 Å². The Hall–Kier alpha value is -1.93. The van der Waals surface area contributed by atoms with Gasteiger partial charge in [0.2, 0.25) is 21.8 Å². The van der Waals surface area contributed by atoms with Crippen LogP contribution in [0.5, 0.6) is 0 Å². The van der Waals surface area contributed by atoms with E-state index in [-0.39, 0.29) is 28.5 Å². The van der Waals surface area contributed by atoms with Gasteiger partial charge >= 0.3 is 0 Å². The maximum absolute atomic E-state index is 12.9. The number of nitrogens with zero attached hydrogens (tertiary/aromatic N) is 1. The van der Waals surface area contributed by atoms with Crippen LogP contribution in [-0.2, 0) is 19.6 Å². The summed E-state index contributed by atoms with van der Waals surface area (Å²) in [6, 6.07) is 6.22. The number of rotatable bonds is 9. The second-order valence-electron chi connectivity index (χ2n) is 9.20. The first-order valence-corrected chi connectivity index (χ1v) is 12.6. The molecule has 0 bridgehead atoms.